The molecule has 5 heteroatoms. The molecule has 44 heavy (non-hydrogen) atoms. The third kappa shape index (κ3) is 8.45. The molecule has 0 bridgehead atoms. The third-order valence-corrected chi connectivity index (χ3v) is 13.9. The van der Waals surface area contributed by atoms with Crippen LogP contribution in [-0.4, -0.2) is 8.07 Å². The van der Waals surface area contributed by atoms with Crippen LogP contribution >= 0.6 is 0 Å². The normalized spacial score (nSPS) is 14.4. The first kappa shape index (κ1) is 42.9. The van der Waals surface area contributed by atoms with Crippen LogP contribution in [0, 0.1) is 19.9 Å². The number of halogens is 3. The number of benzene rings is 3. The average Bonchev–Trinajstić information content (AvgIpc) is 3.20. The summed E-state index contributed by atoms with van der Waals surface area (Å²) in [5.41, 5.74) is 11.4. The molecule has 0 amide bonds. The van der Waals surface area contributed by atoms with Crippen molar-refractivity contribution >= 4 is 23.6 Å². The Morgan fingerprint density at radius 1 is 0.591 bits per heavy atom. The van der Waals surface area contributed by atoms with Crippen molar-refractivity contribution in [3.63, 3.8) is 0 Å². The number of hydrogen-bond donors (Lipinski definition) is 0. The van der Waals surface area contributed by atoms with Gasteiger partial charge in [-0.25, -0.2) is 5.57 Å². The second kappa shape index (κ2) is 16.2. The van der Waals surface area contributed by atoms with Gasteiger partial charge < -0.3 is 37.2 Å². The Kier molecular flexibility index (Phi) is 15.8. The van der Waals surface area contributed by atoms with Gasteiger partial charge in [0, 0.05) is 0 Å². The molecule has 0 fully saturated rings. The zero-order valence-electron chi connectivity index (χ0n) is 29.0. The molecule has 0 saturated carbocycles. The summed E-state index contributed by atoms with van der Waals surface area (Å²) in [6, 6.07) is 22.6. The number of allylic oxidation sites excluding steroid dienone is 4. The minimum Gasteiger partial charge on any atom is -1.00 e. The summed E-state index contributed by atoms with van der Waals surface area (Å²) in [5, 5.41) is 6.11. The van der Waals surface area contributed by atoms with E-state index >= 15 is 0 Å². The van der Waals surface area contributed by atoms with E-state index in [0.29, 0.717) is 0 Å². The molecule has 0 spiro atoms. The van der Waals surface area contributed by atoms with E-state index in [-0.39, 0.29) is 69.8 Å². The van der Waals surface area contributed by atoms with E-state index in [1.54, 1.807) is 5.20 Å². The molecule has 0 saturated heterocycles. The Morgan fingerprint density at radius 2 is 1.00 bits per heavy atom. The predicted octanol–water partition coefficient (Wildman–Crippen LogP) is -0.488. The molecule has 236 valence electrons. The van der Waals surface area contributed by atoms with E-state index in [2.05, 4.69) is 144 Å². The van der Waals surface area contributed by atoms with Crippen LogP contribution in [0.3, 0.4) is 0 Å². The maximum atomic E-state index is 3.79. The fraction of sp³-hybridized carbons (Fsp3) is 0.436. The van der Waals surface area contributed by atoms with Crippen LogP contribution < -0.4 is 52.8 Å². The second-order valence-corrected chi connectivity index (χ2v) is 18.0. The molecule has 0 aromatic heterocycles. The number of aryl methyl sites for hydroxylation is 4. The van der Waals surface area contributed by atoms with Gasteiger partial charge in [0.2, 0.25) is 0 Å². The van der Waals surface area contributed by atoms with Crippen LogP contribution in [0.5, 0.6) is 0 Å². The Bertz CT molecular complexity index is 1430. The second-order valence-electron chi connectivity index (χ2n) is 14.3. The molecule has 1 aliphatic carbocycles. The van der Waals surface area contributed by atoms with Gasteiger partial charge in [0.05, 0.1) is 8.07 Å². The van der Waals surface area contributed by atoms with Crippen LogP contribution in [-0.2, 0) is 45.4 Å². The van der Waals surface area contributed by atoms with Crippen molar-refractivity contribution in [1.29, 1.82) is 0 Å². The van der Waals surface area contributed by atoms with Crippen LogP contribution in [0.25, 0.3) is 0 Å². The zero-order valence-corrected chi connectivity index (χ0v) is 33.8. The molecule has 0 nitrogen and oxygen atoms in total. The minimum absolute atomic E-state index is 0. The Balaban J connectivity index is 0.00000462. The van der Waals surface area contributed by atoms with E-state index in [0.717, 1.165) is 19.3 Å². The summed E-state index contributed by atoms with van der Waals surface area (Å²) >= 11 is 0. The van der Waals surface area contributed by atoms with Gasteiger partial charge in [-0.1, -0.05) is 151 Å². The molecule has 3 aromatic rings. The molecular formula is C39H51Cl3SiTi. The fourth-order valence-electron chi connectivity index (χ4n) is 6.59. The maximum absolute atomic E-state index is 3.79. The van der Waals surface area contributed by atoms with Gasteiger partial charge in [-0.15, -0.1) is 6.42 Å². The molecule has 0 N–H and O–H groups in total. The maximum Gasteiger partial charge on any atom is 4.00 e. The van der Waals surface area contributed by atoms with E-state index in [4.69, 9.17) is 0 Å². The molecule has 0 radical (unpaired) electrons. The molecule has 1 atom stereocenters. The van der Waals surface area contributed by atoms with Gasteiger partial charge in [-0.2, -0.15) is 10.8 Å². The first-order valence-corrected chi connectivity index (χ1v) is 17.3. The quantitative estimate of drug-likeness (QED) is 0.185. The van der Waals surface area contributed by atoms with Crippen molar-refractivity contribution < 1.29 is 58.9 Å². The predicted molar refractivity (Wildman–Crippen MR) is 179 cm³/mol. The molecule has 0 heterocycles. The zero-order chi connectivity index (χ0) is 29.6. The summed E-state index contributed by atoms with van der Waals surface area (Å²) in [4.78, 5) is 0. The Labute approximate surface area is 304 Å². The minimum atomic E-state index is -2.72. The summed E-state index contributed by atoms with van der Waals surface area (Å²) in [6.45, 7) is 28.0. The molecule has 3 aromatic carbocycles. The van der Waals surface area contributed by atoms with Crippen LogP contribution in [0.15, 0.2) is 70.9 Å². The van der Waals surface area contributed by atoms with Gasteiger partial charge in [0.25, 0.3) is 0 Å². The molecule has 1 aliphatic rings. The van der Waals surface area contributed by atoms with Gasteiger partial charge in [-0.05, 0) is 59.8 Å². The van der Waals surface area contributed by atoms with E-state index < -0.39 is 8.07 Å². The van der Waals surface area contributed by atoms with Crippen molar-refractivity contribution in [2.45, 2.75) is 113 Å². The number of hydrogen-bond acceptors (Lipinski definition) is 0. The van der Waals surface area contributed by atoms with Crippen molar-refractivity contribution in [3.05, 3.63) is 110 Å². The largest absolute Gasteiger partial charge is 4.00 e. The van der Waals surface area contributed by atoms with Gasteiger partial charge >= 0.3 is 21.7 Å². The van der Waals surface area contributed by atoms with Gasteiger partial charge in [-0.3, -0.25) is 6.08 Å². The van der Waals surface area contributed by atoms with E-state index in [1.165, 1.54) is 60.1 Å². The summed E-state index contributed by atoms with van der Waals surface area (Å²) in [6.07, 6.45) is 6.81. The van der Waals surface area contributed by atoms with E-state index in [9.17, 15) is 0 Å². The summed E-state index contributed by atoms with van der Waals surface area (Å²) in [7, 11) is -2.72. The third-order valence-electron chi connectivity index (χ3n) is 8.85. The standard InChI is InChI=1S/C39H51Si.3ClH.Ti/c1-13-30-20-31(14-2)22-35(21-30)40(37-28(5)15-16-29(37)6,34-18-26(3)17-27(4)19-34)36-24-32(38(7,8)9)23-33(25-36)39(10,11)12;;;;/h17-25H,13-15H2,1-12H3;3*1H;/q-1;;;;+4/p-3. The number of rotatable bonds is 6. The monoisotopic (exact) mass is 700 g/mol. The molecule has 0 aliphatic heterocycles. The Morgan fingerprint density at radius 3 is 1.36 bits per heavy atom. The topological polar surface area (TPSA) is 0 Å². The molecular weight excluding hydrogens is 651 g/mol. The smallest absolute Gasteiger partial charge is 1.00 e. The van der Waals surface area contributed by atoms with Crippen molar-refractivity contribution in [1.82, 2.24) is 0 Å². The SMILES string of the molecule is CCc1cc(CC)cc([Si](C2=C(C)C[C-]=C2C)(c2cc(C)cc(C)c2)c2cc(C(C)(C)C)cc(C(C)(C)C)c2)c1.[Cl-].[Cl-].[Cl-].[Ti+4]. The molecule has 4 rings (SSSR count). The van der Waals surface area contributed by atoms with E-state index in [1.807, 2.05) is 0 Å². The van der Waals surface area contributed by atoms with Crippen molar-refractivity contribution in [2.24, 2.45) is 0 Å². The first-order chi connectivity index (χ1) is 18.6. The molecule has 1 unspecified atom stereocenters. The summed E-state index contributed by atoms with van der Waals surface area (Å²) < 4.78 is 0. The van der Waals surface area contributed by atoms with Crippen LogP contribution in [0.4, 0.5) is 0 Å². The van der Waals surface area contributed by atoms with Crippen LogP contribution in [0.1, 0.15) is 109 Å². The van der Waals surface area contributed by atoms with Crippen molar-refractivity contribution in [2.75, 3.05) is 0 Å². The summed E-state index contributed by atoms with van der Waals surface area (Å²) in [5.74, 6) is 0. The van der Waals surface area contributed by atoms with Crippen molar-refractivity contribution in [3.8, 4) is 0 Å². The van der Waals surface area contributed by atoms with Crippen LogP contribution in [0.2, 0.25) is 0 Å². The first-order valence-electron chi connectivity index (χ1n) is 15.3. The van der Waals surface area contributed by atoms with Gasteiger partial charge in [0.15, 0.2) is 0 Å². The fourth-order valence-corrected chi connectivity index (χ4v) is 12.3. The average molecular weight is 702 g/mol. The van der Waals surface area contributed by atoms with Gasteiger partial charge in [0.1, 0.15) is 0 Å². The Hall–Kier alpha value is -1.06.